The SMILES string of the molecule is C=CC(=O)N1CCN(c2nc(=O)n3c4c2=CC(c2ccc(F)cc2F)C=4S(=O)CC3)[C@@H](C)C1. The summed E-state index contributed by atoms with van der Waals surface area (Å²) < 4.78 is 42.8. The van der Waals surface area contributed by atoms with Crippen molar-refractivity contribution in [2.45, 2.75) is 25.4 Å². The number of amides is 1. The van der Waals surface area contributed by atoms with Crippen molar-refractivity contribution in [1.82, 2.24) is 14.5 Å². The van der Waals surface area contributed by atoms with Gasteiger partial charge in [-0.1, -0.05) is 18.7 Å². The summed E-state index contributed by atoms with van der Waals surface area (Å²) in [5.74, 6) is -1.60. The van der Waals surface area contributed by atoms with Gasteiger partial charge in [-0.25, -0.2) is 13.6 Å². The molecule has 2 unspecified atom stereocenters. The Morgan fingerprint density at radius 2 is 2.06 bits per heavy atom. The minimum Gasteiger partial charge on any atom is -0.350 e. The molecular weight excluding hydrogens is 450 g/mol. The third-order valence-electron chi connectivity index (χ3n) is 6.48. The molecule has 2 aromatic rings. The topological polar surface area (TPSA) is 75.5 Å². The van der Waals surface area contributed by atoms with Crippen LogP contribution in [0.4, 0.5) is 14.6 Å². The summed E-state index contributed by atoms with van der Waals surface area (Å²) in [4.78, 5) is 33.4. The maximum Gasteiger partial charge on any atom is 0.350 e. The summed E-state index contributed by atoms with van der Waals surface area (Å²) in [6, 6.07) is 3.20. The molecule has 0 N–H and O–H groups in total. The molecule has 172 valence electrons. The molecule has 1 aliphatic carbocycles. The lowest BCUT2D eigenvalue weighted by Gasteiger charge is -2.40. The van der Waals surface area contributed by atoms with Gasteiger partial charge in [0.1, 0.15) is 17.5 Å². The number of carbonyl (C=O) groups excluding carboxylic acids is 1. The van der Waals surface area contributed by atoms with Crippen LogP contribution in [0.15, 0.2) is 35.6 Å². The fourth-order valence-electron chi connectivity index (χ4n) is 4.91. The van der Waals surface area contributed by atoms with Crippen molar-refractivity contribution in [1.29, 1.82) is 0 Å². The average molecular weight is 473 g/mol. The monoisotopic (exact) mass is 472 g/mol. The van der Waals surface area contributed by atoms with Gasteiger partial charge in [0.05, 0.1) is 21.1 Å². The number of hydrogen-bond donors (Lipinski definition) is 0. The Labute approximate surface area is 190 Å². The van der Waals surface area contributed by atoms with Gasteiger partial charge in [0.2, 0.25) is 5.91 Å². The van der Waals surface area contributed by atoms with Crippen LogP contribution in [0.3, 0.4) is 0 Å². The Balaban J connectivity index is 1.69. The molecule has 3 aliphatic rings. The van der Waals surface area contributed by atoms with Crippen LogP contribution in [0.5, 0.6) is 0 Å². The third-order valence-corrected chi connectivity index (χ3v) is 7.97. The second kappa shape index (κ2) is 8.02. The second-order valence-electron chi connectivity index (χ2n) is 8.39. The van der Waals surface area contributed by atoms with Gasteiger partial charge in [-0.05, 0) is 19.1 Å². The highest BCUT2D eigenvalue weighted by Crippen LogP contribution is 2.34. The lowest BCUT2D eigenvalue weighted by molar-refractivity contribution is -0.126. The van der Waals surface area contributed by atoms with E-state index >= 15 is 0 Å². The first-order valence-corrected chi connectivity index (χ1v) is 12.0. The van der Waals surface area contributed by atoms with Crippen LogP contribution in [0.1, 0.15) is 18.4 Å². The Kier molecular flexibility index (Phi) is 5.27. The van der Waals surface area contributed by atoms with Crippen molar-refractivity contribution in [2.75, 3.05) is 30.3 Å². The largest absolute Gasteiger partial charge is 0.350 e. The van der Waals surface area contributed by atoms with E-state index in [2.05, 4.69) is 11.6 Å². The van der Waals surface area contributed by atoms with Gasteiger partial charge < -0.3 is 9.80 Å². The van der Waals surface area contributed by atoms with Gasteiger partial charge in [-0.15, -0.1) is 0 Å². The molecule has 7 nitrogen and oxygen atoms in total. The summed E-state index contributed by atoms with van der Waals surface area (Å²) in [5, 5.41) is 1.14. The van der Waals surface area contributed by atoms with E-state index in [-0.39, 0.29) is 29.8 Å². The average Bonchev–Trinajstić information content (AvgIpc) is 3.18. The van der Waals surface area contributed by atoms with Crippen molar-refractivity contribution < 1.29 is 17.8 Å². The zero-order valence-electron chi connectivity index (χ0n) is 18.0. The van der Waals surface area contributed by atoms with Gasteiger partial charge in [-0.3, -0.25) is 13.6 Å². The zero-order valence-corrected chi connectivity index (χ0v) is 18.8. The van der Waals surface area contributed by atoms with Crippen molar-refractivity contribution in [3.63, 3.8) is 0 Å². The first-order chi connectivity index (χ1) is 15.8. The van der Waals surface area contributed by atoms with E-state index < -0.39 is 34.0 Å². The fraction of sp³-hybridized carbons (Fsp3) is 0.348. The van der Waals surface area contributed by atoms with Gasteiger partial charge in [0.15, 0.2) is 0 Å². The number of benzene rings is 1. The lowest BCUT2D eigenvalue weighted by Crippen LogP contribution is -2.57. The maximum absolute atomic E-state index is 14.7. The number of rotatable bonds is 3. The molecule has 1 saturated heterocycles. The number of nitrogens with zero attached hydrogens (tertiary/aromatic N) is 4. The quantitative estimate of drug-likeness (QED) is 0.597. The maximum atomic E-state index is 14.7. The highest BCUT2D eigenvalue weighted by molar-refractivity contribution is 7.94. The summed E-state index contributed by atoms with van der Waals surface area (Å²) in [6.45, 7) is 7.05. The first kappa shape index (κ1) is 21.7. The Morgan fingerprint density at radius 1 is 1.27 bits per heavy atom. The van der Waals surface area contributed by atoms with E-state index in [0.717, 1.165) is 6.07 Å². The number of aromatic nitrogens is 2. The molecular formula is C23H22F2N4O3S. The highest BCUT2D eigenvalue weighted by Gasteiger charge is 2.35. The molecule has 10 heteroatoms. The summed E-state index contributed by atoms with van der Waals surface area (Å²) >= 11 is 0. The number of halogens is 2. The Bertz CT molecular complexity index is 1400. The summed E-state index contributed by atoms with van der Waals surface area (Å²) in [6.07, 6.45) is 3.05. The normalized spacial score (nSPS) is 23.8. The molecule has 0 saturated carbocycles. The molecule has 33 heavy (non-hydrogen) atoms. The number of piperazine rings is 1. The van der Waals surface area contributed by atoms with E-state index in [0.29, 0.717) is 40.9 Å². The predicted molar refractivity (Wildman–Crippen MR) is 121 cm³/mol. The van der Waals surface area contributed by atoms with Gasteiger partial charge in [0, 0.05) is 60.7 Å². The molecule has 1 amide bonds. The minimum atomic E-state index is -1.42. The molecule has 0 radical (unpaired) electrons. The lowest BCUT2D eigenvalue weighted by atomic mass is 9.99. The van der Waals surface area contributed by atoms with E-state index in [1.807, 2.05) is 11.8 Å². The van der Waals surface area contributed by atoms with Crippen molar-refractivity contribution in [3.05, 3.63) is 69.1 Å². The molecule has 0 spiro atoms. The van der Waals surface area contributed by atoms with Crippen LogP contribution in [0.2, 0.25) is 0 Å². The van der Waals surface area contributed by atoms with Crippen LogP contribution >= 0.6 is 0 Å². The van der Waals surface area contributed by atoms with E-state index in [9.17, 15) is 22.6 Å². The van der Waals surface area contributed by atoms with Crippen molar-refractivity contribution in [3.8, 4) is 0 Å². The predicted octanol–water partition coefficient (Wildman–Crippen LogP) is 0.193. The molecule has 2 aliphatic heterocycles. The van der Waals surface area contributed by atoms with E-state index in [1.165, 1.54) is 22.8 Å². The van der Waals surface area contributed by atoms with Gasteiger partial charge in [0.25, 0.3) is 0 Å². The molecule has 0 bridgehead atoms. The van der Waals surface area contributed by atoms with Crippen LogP contribution in [0, 0.1) is 11.6 Å². The van der Waals surface area contributed by atoms with E-state index in [4.69, 9.17) is 0 Å². The first-order valence-electron chi connectivity index (χ1n) is 10.7. The van der Waals surface area contributed by atoms with Crippen molar-refractivity contribution >= 4 is 33.5 Å². The molecule has 1 aromatic heterocycles. The molecule has 3 heterocycles. The number of anilines is 1. The van der Waals surface area contributed by atoms with Gasteiger partial charge >= 0.3 is 5.69 Å². The van der Waals surface area contributed by atoms with Crippen LogP contribution in [-0.4, -0.2) is 56.0 Å². The standard InChI is InChI=1S/C23H22F2N4O3S/c1-3-19(30)27-6-7-28(13(2)12-27)22-17-11-16(15-5-4-14(24)10-18(15)25)21-20(17)29(23(31)26-22)8-9-33(21)32/h3-5,10-11,13,16H,1,6-9,12H2,2H3/t13-,16?,33?/m0/s1. The van der Waals surface area contributed by atoms with Crippen molar-refractivity contribution in [2.24, 2.45) is 0 Å². The fourth-order valence-corrected chi connectivity index (χ4v) is 6.40. The molecule has 1 aromatic carbocycles. The molecule has 1 fully saturated rings. The van der Waals surface area contributed by atoms with Crippen LogP contribution in [-0.2, 0) is 22.1 Å². The summed E-state index contributed by atoms with van der Waals surface area (Å²) in [5.41, 5.74) is -0.249. The Hall–Kier alpha value is -3.14. The van der Waals surface area contributed by atoms with Crippen LogP contribution < -0.4 is 21.2 Å². The minimum absolute atomic E-state index is 0.138. The zero-order chi connectivity index (χ0) is 23.4. The Morgan fingerprint density at radius 3 is 2.76 bits per heavy atom. The third kappa shape index (κ3) is 3.43. The van der Waals surface area contributed by atoms with Crippen LogP contribution in [0.25, 0.3) is 11.0 Å². The summed E-state index contributed by atoms with van der Waals surface area (Å²) in [7, 11) is -1.42. The molecule has 5 rings (SSSR count). The van der Waals surface area contributed by atoms with E-state index in [1.54, 1.807) is 11.0 Å². The smallest absolute Gasteiger partial charge is 0.350 e. The highest BCUT2D eigenvalue weighted by atomic mass is 32.2. The second-order valence-corrected chi connectivity index (χ2v) is 9.93. The van der Waals surface area contributed by atoms with Gasteiger partial charge in [-0.2, -0.15) is 4.98 Å². The number of hydrogen-bond acceptors (Lipinski definition) is 5. The molecule has 3 atom stereocenters. The number of carbonyl (C=O) groups is 1.